The zero-order valence-corrected chi connectivity index (χ0v) is 15.2. The van der Waals surface area contributed by atoms with Crippen LogP contribution in [0.15, 0.2) is 36.4 Å². The van der Waals surface area contributed by atoms with Gasteiger partial charge in [0.25, 0.3) is 0 Å². The summed E-state index contributed by atoms with van der Waals surface area (Å²) < 4.78 is 16.8. The van der Waals surface area contributed by atoms with E-state index < -0.39 is 32.1 Å². The van der Waals surface area contributed by atoms with Crippen LogP contribution in [-0.4, -0.2) is 46.2 Å². The number of carboxylic acid groups (broad SMARTS) is 2. The summed E-state index contributed by atoms with van der Waals surface area (Å²) in [7, 11) is -4.39. The van der Waals surface area contributed by atoms with Crippen molar-refractivity contribution >= 4 is 25.4 Å². The van der Waals surface area contributed by atoms with Crippen molar-refractivity contribution in [2.75, 3.05) is 13.2 Å². The molecule has 9 nitrogen and oxygen atoms in total. The Morgan fingerprint density at radius 2 is 1.92 bits per heavy atom. The van der Waals surface area contributed by atoms with Gasteiger partial charge in [-0.05, 0) is 18.9 Å². The molecule has 0 bridgehead atoms. The SMILES string of the molecule is C/C=C(/NCCOP(=O)(O)N[C@@H](CCC(=O)O)C(=O)O)c1ccccc1. The van der Waals surface area contributed by atoms with Crippen LogP contribution < -0.4 is 10.4 Å². The third-order valence-corrected chi connectivity index (χ3v) is 4.49. The first-order valence-electron chi connectivity index (χ1n) is 7.90. The van der Waals surface area contributed by atoms with Gasteiger partial charge in [0.2, 0.25) is 0 Å². The van der Waals surface area contributed by atoms with E-state index in [1.807, 2.05) is 48.4 Å². The monoisotopic (exact) mass is 386 g/mol. The lowest BCUT2D eigenvalue weighted by Gasteiger charge is -2.19. The quantitative estimate of drug-likeness (QED) is 0.267. The van der Waals surface area contributed by atoms with Crippen molar-refractivity contribution in [3.63, 3.8) is 0 Å². The summed E-state index contributed by atoms with van der Waals surface area (Å²) >= 11 is 0. The molecule has 1 unspecified atom stereocenters. The molecule has 2 atom stereocenters. The highest BCUT2D eigenvalue weighted by Gasteiger charge is 2.29. The van der Waals surface area contributed by atoms with Crippen LogP contribution >= 0.6 is 7.75 Å². The smallest absolute Gasteiger partial charge is 0.403 e. The second-order valence-electron chi connectivity index (χ2n) is 5.30. The van der Waals surface area contributed by atoms with Gasteiger partial charge in [0, 0.05) is 18.7 Å². The van der Waals surface area contributed by atoms with Gasteiger partial charge in [-0.2, -0.15) is 0 Å². The lowest BCUT2D eigenvalue weighted by atomic mass is 10.1. The summed E-state index contributed by atoms with van der Waals surface area (Å²) in [5.41, 5.74) is 1.76. The second-order valence-corrected chi connectivity index (χ2v) is 6.86. The van der Waals surface area contributed by atoms with Crippen molar-refractivity contribution in [3.05, 3.63) is 42.0 Å². The van der Waals surface area contributed by atoms with Gasteiger partial charge in [0.15, 0.2) is 0 Å². The van der Waals surface area contributed by atoms with Gasteiger partial charge in [-0.1, -0.05) is 36.4 Å². The molecule has 1 rings (SSSR count). The van der Waals surface area contributed by atoms with Crippen molar-refractivity contribution in [2.24, 2.45) is 0 Å². The standard InChI is InChI=1S/C16H23N2O7P/c1-2-13(12-6-4-3-5-7-12)17-10-11-25-26(23,24)18-14(16(21)22)8-9-15(19)20/h2-7,14,17H,8-11H2,1H3,(H,19,20)(H,21,22)(H2,18,23,24)/b13-2+/t14-/m0/s1. The van der Waals surface area contributed by atoms with Crippen molar-refractivity contribution in [1.82, 2.24) is 10.4 Å². The van der Waals surface area contributed by atoms with Gasteiger partial charge in [-0.25, -0.2) is 9.65 Å². The number of nitrogens with one attached hydrogen (secondary N) is 2. The number of carboxylic acids is 2. The number of hydrogen-bond acceptors (Lipinski definition) is 5. The molecular weight excluding hydrogens is 363 g/mol. The molecule has 1 aromatic rings. The Balaban J connectivity index is 2.48. The molecule has 26 heavy (non-hydrogen) atoms. The Labute approximate surface area is 151 Å². The molecular formula is C16H23N2O7P. The van der Waals surface area contributed by atoms with E-state index in [4.69, 9.17) is 14.7 Å². The number of hydrogen-bond donors (Lipinski definition) is 5. The summed E-state index contributed by atoms with van der Waals surface area (Å²) in [6.07, 6.45) is 1.05. The molecule has 0 aliphatic rings. The topological polar surface area (TPSA) is 145 Å². The summed E-state index contributed by atoms with van der Waals surface area (Å²) in [6.45, 7) is 1.90. The van der Waals surface area contributed by atoms with E-state index in [2.05, 4.69) is 5.32 Å². The van der Waals surface area contributed by atoms with Crippen LogP contribution in [0.25, 0.3) is 5.70 Å². The van der Waals surface area contributed by atoms with Crippen molar-refractivity contribution in [1.29, 1.82) is 0 Å². The fraction of sp³-hybridized carbons (Fsp3) is 0.375. The van der Waals surface area contributed by atoms with E-state index >= 15 is 0 Å². The number of aliphatic carboxylic acids is 2. The maximum Gasteiger partial charge on any atom is 0.403 e. The van der Waals surface area contributed by atoms with Gasteiger partial charge in [-0.15, -0.1) is 0 Å². The van der Waals surface area contributed by atoms with Crippen LogP contribution in [-0.2, 0) is 18.7 Å². The predicted molar refractivity (Wildman–Crippen MR) is 95.3 cm³/mol. The van der Waals surface area contributed by atoms with Crippen LogP contribution in [0, 0.1) is 0 Å². The largest absolute Gasteiger partial charge is 0.481 e. The van der Waals surface area contributed by atoms with Gasteiger partial charge in [-0.3, -0.25) is 14.1 Å². The zero-order valence-electron chi connectivity index (χ0n) is 14.3. The van der Waals surface area contributed by atoms with Crippen molar-refractivity contribution in [2.45, 2.75) is 25.8 Å². The van der Waals surface area contributed by atoms with Crippen LogP contribution in [0.1, 0.15) is 25.3 Å². The Bertz CT molecular complexity index is 678. The fourth-order valence-corrected chi connectivity index (χ4v) is 3.14. The normalized spacial score (nSPS) is 15.1. The van der Waals surface area contributed by atoms with E-state index in [0.29, 0.717) is 0 Å². The predicted octanol–water partition coefficient (Wildman–Crippen LogP) is 1.66. The highest BCUT2D eigenvalue weighted by atomic mass is 31.2. The van der Waals surface area contributed by atoms with E-state index in [0.717, 1.165) is 11.3 Å². The van der Waals surface area contributed by atoms with Crippen LogP contribution in [0.3, 0.4) is 0 Å². The molecule has 0 aromatic heterocycles. The van der Waals surface area contributed by atoms with E-state index in [1.165, 1.54) is 0 Å². The first-order valence-corrected chi connectivity index (χ1v) is 9.48. The van der Waals surface area contributed by atoms with E-state index in [-0.39, 0.29) is 19.6 Å². The molecule has 144 valence electrons. The summed E-state index contributed by atoms with van der Waals surface area (Å²) in [5.74, 6) is -2.63. The lowest BCUT2D eigenvalue weighted by Crippen LogP contribution is -2.35. The van der Waals surface area contributed by atoms with Crippen molar-refractivity contribution in [3.8, 4) is 0 Å². The Kier molecular flexibility index (Phi) is 9.01. The fourth-order valence-electron chi connectivity index (χ4n) is 2.09. The van der Waals surface area contributed by atoms with E-state index in [9.17, 15) is 19.0 Å². The minimum atomic E-state index is -4.39. The van der Waals surface area contributed by atoms with Crippen LogP contribution in [0.2, 0.25) is 0 Å². The van der Waals surface area contributed by atoms with Gasteiger partial charge in [0.1, 0.15) is 6.04 Å². The molecule has 0 spiro atoms. The van der Waals surface area contributed by atoms with Gasteiger partial charge >= 0.3 is 19.7 Å². The molecule has 0 heterocycles. The maximum atomic E-state index is 11.9. The Hall–Kier alpha value is -2.19. The third-order valence-electron chi connectivity index (χ3n) is 3.32. The third kappa shape index (κ3) is 8.26. The van der Waals surface area contributed by atoms with Crippen LogP contribution in [0.4, 0.5) is 0 Å². The molecule has 0 radical (unpaired) electrons. The van der Waals surface area contributed by atoms with Crippen molar-refractivity contribution < 1.29 is 33.8 Å². The summed E-state index contributed by atoms with van der Waals surface area (Å²) in [4.78, 5) is 31.3. The maximum absolute atomic E-state index is 11.9. The van der Waals surface area contributed by atoms with Gasteiger partial charge < -0.3 is 20.4 Å². The highest BCUT2D eigenvalue weighted by Crippen LogP contribution is 2.37. The molecule has 1 aromatic carbocycles. The minimum Gasteiger partial charge on any atom is -0.481 e. The zero-order chi connectivity index (χ0) is 19.6. The molecule has 0 fully saturated rings. The first kappa shape index (κ1) is 21.9. The molecule has 10 heteroatoms. The molecule has 0 aliphatic carbocycles. The lowest BCUT2D eigenvalue weighted by molar-refractivity contribution is -0.140. The second kappa shape index (κ2) is 10.7. The van der Waals surface area contributed by atoms with E-state index in [1.54, 1.807) is 0 Å². The first-order chi connectivity index (χ1) is 12.2. The molecule has 0 amide bonds. The minimum absolute atomic E-state index is 0.157. The highest BCUT2D eigenvalue weighted by molar-refractivity contribution is 7.50. The Morgan fingerprint density at radius 1 is 1.27 bits per heavy atom. The molecule has 0 saturated carbocycles. The van der Waals surface area contributed by atoms with Gasteiger partial charge in [0.05, 0.1) is 6.61 Å². The summed E-state index contributed by atoms with van der Waals surface area (Å²) in [5, 5.41) is 22.6. The molecule has 0 saturated heterocycles. The summed E-state index contributed by atoms with van der Waals surface area (Å²) in [6, 6.07) is 7.96. The average molecular weight is 386 g/mol. The van der Waals surface area contributed by atoms with Crippen LogP contribution in [0.5, 0.6) is 0 Å². The number of benzene rings is 1. The number of rotatable bonds is 12. The molecule has 5 N–H and O–H groups in total. The Morgan fingerprint density at radius 3 is 2.46 bits per heavy atom. The number of carbonyl (C=O) groups is 2. The average Bonchev–Trinajstić information content (AvgIpc) is 2.59. The molecule has 0 aliphatic heterocycles. The number of allylic oxidation sites excluding steroid dienone is 1.